The number of halogens is 1. The van der Waals surface area contributed by atoms with Crippen molar-refractivity contribution in [2.75, 3.05) is 39.8 Å². The van der Waals surface area contributed by atoms with Gasteiger partial charge >= 0.3 is 0 Å². The van der Waals surface area contributed by atoms with Crippen molar-refractivity contribution in [2.24, 2.45) is 5.73 Å². The van der Waals surface area contributed by atoms with E-state index in [1.165, 1.54) is 11.1 Å². The molecular formula is C14H22ClN3. The normalized spacial score (nSPS) is 20.0. The Labute approximate surface area is 115 Å². The third-order valence-electron chi connectivity index (χ3n) is 3.79. The predicted molar refractivity (Wildman–Crippen MR) is 77.1 cm³/mol. The minimum atomic E-state index is 0.316. The van der Waals surface area contributed by atoms with Gasteiger partial charge in [0.05, 0.1) is 0 Å². The maximum absolute atomic E-state index is 6.02. The van der Waals surface area contributed by atoms with Gasteiger partial charge < -0.3 is 10.6 Å². The summed E-state index contributed by atoms with van der Waals surface area (Å²) in [5.74, 6) is 0. The van der Waals surface area contributed by atoms with Gasteiger partial charge in [-0.1, -0.05) is 17.7 Å². The predicted octanol–water partition coefficient (Wildman–Crippen LogP) is 1.90. The maximum atomic E-state index is 6.02. The van der Waals surface area contributed by atoms with Crippen molar-refractivity contribution < 1.29 is 0 Å². The number of rotatable bonds is 3. The second kappa shape index (κ2) is 6.02. The molecule has 1 aliphatic heterocycles. The number of likely N-dealkylation sites (N-methyl/N-ethyl adjacent to an activating group) is 1. The van der Waals surface area contributed by atoms with E-state index in [2.05, 4.69) is 29.8 Å². The molecule has 100 valence electrons. The van der Waals surface area contributed by atoms with Crippen molar-refractivity contribution in [1.29, 1.82) is 0 Å². The van der Waals surface area contributed by atoms with E-state index in [4.69, 9.17) is 17.3 Å². The van der Waals surface area contributed by atoms with Crippen LogP contribution in [0.2, 0.25) is 5.02 Å². The maximum Gasteiger partial charge on any atom is 0.0474 e. The van der Waals surface area contributed by atoms with E-state index in [1.54, 1.807) is 0 Å². The lowest BCUT2D eigenvalue weighted by Gasteiger charge is -2.38. The molecule has 0 aliphatic carbocycles. The Morgan fingerprint density at radius 3 is 2.50 bits per heavy atom. The van der Waals surface area contributed by atoms with E-state index in [9.17, 15) is 0 Å². The van der Waals surface area contributed by atoms with Gasteiger partial charge in [-0.15, -0.1) is 0 Å². The summed E-state index contributed by atoms with van der Waals surface area (Å²) in [6, 6.07) is 6.42. The van der Waals surface area contributed by atoms with Crippen LogP contribution in [0.1, 0.15) is 17.2 Å². The molecular weight excluding hydrogens is 246 g/mol. The average Bonchev–Trinajstić information content (AvgIpc) is 2.35. The van der Waals surface area contributed by atoms with Crippen LogP contribution in [0.25, 0.3) is 0 Å². The molecule has 1 fully saturated rings. The molecule has 1 aliphatic rings. The zero-order valence-electron chi connectivity index (χ0n) is 11.2. The molecule has 3 nitrogen and oxygen atoms in total. The van der Waals surface area contributed by atoms with E-state index in [1.807, 2.05) is 12.1 Å². The van der Waals surface area contributed by atoms with Crippen LogP contribution in [0.3, 0.4) is 0 Å². The Morgan fingerprint density at radius 2 is 1.94 bits per heavy atom. The van der Waals surface area contributed by atoms with Gasteiger partial charge in [-0.05, 0) is 37.2 Å². The fraction of sp³-hybridized carbons (Fsp3) is 0.571. The summed E-state index contributed by atoms with van der Waals surface area (Å²) in [6.45, 7) is 7.17. The third-order valence-corrected chi connectivity index (χ3v) is 4.03. The molecule has 1 aromatic rings. The fourth-order valence-corrected chi connectivity index (χ4v) is 2.85. The Kier molecular flexibility index (Phi) is 4.62. The highest BCUT2D eigenvalue weighted by Gasteiger charge is 2.23. The Bertz CT molecular complexity index is 400. The summed E-state index contributed by atoms with van der Waals surface area (Å²) in [5.41, 5.74) is 8.53. The van der Waals surface area contributed by atoms with E-state index in [0.29, 0.717) is 12.6 Å². The van der Waals surface area contributed by atoms with Crippen LogP contribution in [-0.2, 0) is 0 Å². The van der Waals surface area contributed by atoms with Crippen molar-refractivity contribution >= 4 is 11.6 Å². The molecule has 0 spiro atoms. The highest BCUT2D eigenvalue weighted by molar-refractivity contribution is 6.30. The highest BCUT2D eigenvalue weighted by Crippen LogP contribution is 2.26. The van der Waals surface area contributed by atoms with Gasteiger partial charge in [0, 0.05) is 43.8 Å². The number of nitrogens with zero attached hydrogens (tertiary/aromatic N) is 2. The van der Waals surface area contributed by atoms with Crippen molar-refractivity contribution in [2.45, 2.75) is 13.0 Å². The van der Waals surface area contributed by atoms with Gasteiger partial charge in [0.2, 0.25) is 0 Å². The zero-order chi connectivity index (χ0) is 13.1. The molecule has 0 saturated carbocycles. The molecule has 2 N–H and O–H groups in total. The van der Waals surface area contributed by atoms with Gasteiger partial charge in [0.1, 0.15) is 0 Å². The summed E-state index contributed by atoms with van der Waals surface area (Å²) < 4.78 is 0. The van der Waals surface area contributed by atoms with E-state index in [-0.39, 0.29) is 0 Å². The Morgan fingerprint density at radius 1 is 1.28 bits per heavy atom. The molecule has 0 bridgehead atoms. The minimum Gasteiger partial charge on any atom is -0.329 e. The number of piperazine rings is 1. The number of benzene rings is 1. The molecule has 1 unspecified atom stereocenters. The first kappa shape index (κ1) is 13.8. The van der Waals surface area contributed by atoms with Crippen LogP contribution in [-0.4, -0.2) is 49.6 Å². The molecule has 4 heteroatoms. The molecule has 18 heavy (non-hydrogen) atoms. The lowest BCUT2D eigenvalue weighted by Crippen LogP contribution is -2.47. The van der Waals surface area contributed by atoms with Crippen LogP contribution in [0.5, 0.6) is 0 Å². The van der Waals surface area contributed by atoms with E-state index >= 15 is 0 Å². The summed E-state index contributed by atoms with van der Waals surface area (Å²) in [5, 5.41) is 0.797. The van der Waals surface area contributed by atoms with Crippen LogP contribution in [0.15, 0.2) is 18.2 Å². The van der Waals surface area contributed by atoms with Gasteiger partial charge in [0.25, 0.3) is 0 Å². The molecule has 2 rings (SSSR count). The Hall–Kier alpha value is -0.610. The van der Waals surface area contributed by atoms with Crippen LogP contribution >= 0.6 is 11.6 Å². The Balaban J connectivity index is 2.17. The first-order chi connectivity index (χ1) is 8.61. The standard InChI is InChI=1S/C14H22ClN3/c1-11-9-12(15)3-4-13(11)14(10-16)18-7-5-17(2)6-8-18/h3-4,9,14H,5-8,10,16H2,1-2H3. The number of hydrogen-bond donors (Lipinski definition) is 1. The average molecular weight is 268 g/mol. The lowest BCUT2D eigenvalue weighted by molar-refractivity contribution is 0.114. The summed E-state index contributed by atoms with van der Waals surface area (Å²) in [7, 11) is 2.17. The van der Waals surface area contributed by atoms with Crippen molar-refractivity contribution in [3.05, 3.63) is 34.3 Å². The zero-order valence-corrected chi connectivity index (χ0v) is 12.0. The lowest BCUT2D eigenvalue weighted by atomic mass is 9.99. The van der Waals surface area contributed by atoms with Crippen LogP contribution in [0, 0.1) is 6.92 Å². The summed E-state index contributed by atoms with van der Waals surface area (Å²) in [4.78, 5) is 4.84. The molecule has 0 radical (unpaired) electrons. The summed E-state index contributed by atoms with van der Waals surface area (Å²) >= 11 is 6.02. The summed E-state index contributed by atoms with van der Waals surface area (Å²) in [6.07, 6.45) is 0. The largest absolute Gasteiger partial charge is 0.329 e. The molecule has 1 heterocycles. The number of nitrogens with two attached hydrogens (primary N) is 1. The monoisotopic (exact) mass is 267 g/mol. The van der Waals surface area contributed by atoms with Gasteiger partial charge in [-0.2, -0.15) is 0 Å². The van der Waals surface area contributed by atoms with Gasteiger partial charge in [-0.3, -0.25) is 4.90 Å². The molecule has 0 aromatic heterocycles. The minimum absolute atomic E-state index is 0.316. The molecule has 0 amide bonds. The first-order valence-electron chi connectivity index (χ1n) is 6.50. The van der Waals surface area contributed by atoms with Crippen molar-refractivity contribution in [1.82, 2.24) is 9.80 Å². The highest BCUT2D eigenvalue weighted by atomic mass is 35.5. The fourth-order valence-electron chi connectivity index (χ4n) is 2.62. The topological polar surface area (TPSA) is 32.5 Å². The van der Waals surface area contributed by atoms with Crippen molar-refractivity contribution in [3.8, 4) is 0 Å². The van der Waals surface area contributed by atoms with Crippen molar-refractivity contribution in [3.63, 3.8) is 0 Å². The van der Waals surface area contributed by atoms with Crippen LogP contribution in [0.4, 0.5) is 0 Å². The second-order valence-electron chi connectivity index (χ2n) is 5.09. The SMILES string of the molecule is Cc1cc(Cl)ccc1C(CN)N1CCN(C)CC1. The number of hydrogen-bond acceptors (Lipinski definition) is 3. The molecule has 1 aromatic carbocycles. The smallest absolute Gasteiger partial charge is 0.0474 e. The van der Waals surface area contributed by atoms with E-state index < -0.39 is 0 Å². The van der Waals surface area contributed by atoms with Gasteiger partial charge in [0.15, 0.2) is 0 Å². The first-order valence-corrected chi connectivity index (χ1v) is 6.88. The van der Waals surface area contributed by atoms with Crippen LogP contribution < -0.4 is 5.73 Å². The third kappa shape index (κ3) is 3.04. The molecule has 1 saturated heterocycles. The molecule has 1 atom stereocenters. The van der Waals surface area contributed by atoms with Gasteiger partial charge in [-0.25, -0.2) is 0 Å². The number of aryl methyl sites for hydroxylation is 1. The second-order valence-corrected chi connectivity index (χ2v) is 5.53. The van der Waals surface area contributed by atoms with E-state index in [0.717, 1.165) is 31.2 Å². The quantitative estimate of drug-likeness (QED) is 0.908.